The highest BCUT2D eigenvalue weighted by molar-refractivity contribution is 5.91. The van der Waals surface area contributed by atoms with Crippen LogP contribution >= 0.6 is 0 Å². The van der Waals surface area contributed by atoms with E-state index in [1.54, 1.807) is 0 Å². The molecular weight excluding hydrogens is 476 g/mol. The van der Waals surface area contributed by atoms with Crippen LogP contribution < -0.4 is 10.6 Å². The summed E-state index contributed by atoms with van der Waals surface area (Å²) in [6, 6.07) is 4.27. The van der Waals surface area contributed by atoms with Crippen molar-refractivity contribution in [3.63, 3.8) is 0 Å². The maximum absolute atomic E-state index is 11.9. The van der Waals surface area contributed by atoms with Crippen LogP contribution in [0.2, 0.25) is 0 Å². The number of primary amides is 1. The maximum Gasteiger partial charge on any atom is 0.405 e. The van der Waals surface area contributed by atoms with Crippen LogP contribution in [0, 0.1) is 30.6 Å². The fourth-order valence-corrected chi connectivity index (χ4v) is 7.83. The molecule has 1 atom stereocenters. The molecule has 4 heterocycles. The molecule has 0 aromatic carbocycles. The van der Waals surface area contributed by atoms with E-state index in [9.17, 15) is 4.79 Å². The topological polar surface area (TPSA) is 99.2 Å². The highest BCUT2D eigenvalue weighted by atomic mass is 16.6. The molecule has 0 saturated heterocycles. The molecule has 0 radical (unpaired) electrons. The summed E-state index contributed by atoms with van der Waals surface area (Å²) in [7, 11) is 0. The quantitative estimate of drug-likeness (QED) is 0.494. The Morgan fingerprint density at radius 2 is 1.97 bits per heavy atom. The molecule has 3 fully saturated rings. The van der Waals surface area contributed by atoms with Gasteiger partial charge in [-0.2, -0.15) is 5.10 Å². The van der Waals surface area contributed by atoms with Gasteiger partial charge in [-0.05, 0) is 68.9 Å². The van der Waals surface area contributed by atoms with E-state index in [4.69, 9.17) is 15.6 Å². The average molecular weight is 517 g/mol. The minimum Gasteiger partial charge on any atom is -0.443 e. The second kappa shape index (κ2) is 8.68. The zero-order valence-corrected chi connectivity index (χ0v) is 23.4. The second-order valence-corrected chi connectivity index (χ2v) is 13.1. The highest BCUT2D eigenvalue weighted by Crippen LogP contribution is 2.61. The molecule has 2 N–H and O–H groups in total. The van der Waals surface area contributed by atoms with Crippen LogP contribution in [-0.4, -0.2) is 38.0 Å². The zero-order valence-electron chi connectivity index (χ0n) is 23.4. The Labute approximate surface area is 225 Å². The number of carbonyl (C=O) groups excluding carboxylic acids is 1. The molecule has 8 nitrogen and oxygen atoms in total. The molecule has 3 aromatic rings. The lowest BCUT2D eigenvalue weighted by atomic mass is 9.49. The molecule has 2 bridgehead atoms. The molecule has 7 rings (SSSR count). The second-order valence-electron chi connectivity index (χ2n) is 13.1. The Hall–Kier alpha value is -3.16. The van der Waals surface area contributed by atoms with Crippen LogP contribution in [0.1, 0.15) is 75.5 Å². The third-order valence-corrected chi connectivity index (χ3v) is 9.66. The molecule has 38 heavy (non-hydrogen) atoms. The standard InChI is InChI=1S/C30H40N6O2/c1-19-14-25(21-6-12-32-16-23(21)33-19)35-13-7-24-22(17-35)20(2)34-36(24)18-29-8-10-30(11-9-29,38-27(31)37)26(15-29)28(3,4)5/h6,12,14,16,26H,7-11,13,15,17-18H2,1-5H3,(H2,31,37). The van der Waals surface area contributed by atoms with Crippen LogP contribution in [0.15, 0.2) is 24.5 Å². The number of pyridine rings is 2. The van der Waals surface area contributed by atoms with E-state index >= 15 is 0 Å². The molecule has 3 aromatic heterocycles. The van der Waals surface area contributed by atoms with Gasteiger partial charge in [-0.25, -0.2) is 4.79 Å². The van der Waals surface area contributed by atoms with Gasteiger partial charge in [0.1, 0.15) is 5.60 Å². The number of hydrogen-bond acceptors (Lipinski definition) is 6. The fourth-order valence-electron chi connectivity index (χ4n) is 7.83. The van der Waals surface area contributed by atoms with Crippen molar-refractivity contribution < 1.29 is 9.53 Å². The summed E-state index contributed by atoms with van der Waals surface area (Å²) in [5.74, 6) is 0.283. The zero-order chi connectivity index (χ0) is 26.9. The van der Waals surface area contributed by atoms with Gasteiger partial charge in [0.2, 0.25) is 0 Å². The predicted molar refractivity (Wildman–Crippen MR) is 148 cm³/mol. The van der Waals surface area contributed by atoms with Crippen LogP contribution in [0.3, 0.4) is 0 Å². The normalized spacial score (nSPS) is 27.0. The van der Waals surface area contributed by atoms with Gasteiger partial charge in [-0.3, -0.25) is 14.6 Å². The lowest BCUT2D eigenvalue weighted by Crippen LogP contribution is -2.59. The van der Waals surface area contributed by atoms with Crippen LogP contribution in [-0.2, 0) is 24.2 Å². The van der Waals surface area contributed by atoms with E-state index in [1.165, 1.54) is 16.9 Å². The summed E-state index contributed by atoms with van der Waals surface area (Å²) in [6.07, 6.45) is 8.94. The molecule has 1 aliphatic heterocycles. The van der Waals surface area contributed by atoms with E-state index in [-0.39, 0.29) is 16.7 Å². The SMILES string of the molecule is Cc1cc(N2CCc3c(c(C)nn3CC34CCC(OC(N)=O)(CC3)C(C(C)(C)C)C4)C2)c2ccncc2n1. The number of anilines is 1. The van der Waals surface area contributed by atoms with E-state index in [0.29, 0.717) is 0 Å². The first-order chi connectivity index (χ1) is 18.0. The smallest absolute Gasteiger partial charge is 0.405 e. The minimum absolute atomic E-state index is 0.0302. The van der Waals surface area contributed by atoms with Crippen molar-refractivity contribution in [3.05, 3.63) is 47.2 Å². The third-order valence-electron chi connectivity index (χ3n) is 9.66. The summed E-state index contributed by atoms with van der Waals surface area (Å²) in [4.78, 5) is 23.3. The van der Waals surface area contributed by atoms with Gasteiger partial charge < -0.3 is 15.4 Å². The summed E-state index contributed by atoms with van der Waals surface area (Å²) in [5, 5.41) is 6.27. The Balaban J connectivity index is 1.28. The van der Waals surface area contributed by atoms with Gasteiger partial charge >= 0.3 is 6.09 Å². The third kappa shape index (κ3) is 4.12. The van der Waals surface area contributed by atoms with Gasteiger partial charge in [0.25, 0.3) is 0 Å². The van der Waals surface area contributed by atoms with Gasteiger partial charge in [-0.1, -0.05) is 20.8 Å². The van der Waals surface area contributed by atoms with Crippen LogP contribution in [0.25, 0.3) is 10.9 Å². The molecular formula is C30H40N6O2. The van der Waals surface area contributed by atoms with Crippen molar-refractivity contribution in [1.29, 1.82) is 0 Å². The molecule has 1 unspecified atom stereocenters. The number of nitrogens with zero attached hydrogens (tertiary/aromatic N) is 5. The lowest BCUT2D eigenvalue weighted by molar-refractivity contribution is -0.172. The summed E-state index contributed by atoms with van der Waals surface area (Å²) >= 11 is 0. The number of hydrogen-bond donors (Lipinski definition) is 1. The Bertz CT molecular complexity index is 1400. The monoisotopic (exact) mass is 516 g/mol. The van der Waals surface area contributed by atoms with Crippen molar-refractivity contribution >= 4 is 22.7 Å². The number of aryl methyl sites for hydroxylation is 2. The first kappa shape index (κ1) is 25.1. The van der Waals surface area contributed by atoms with E-state index in [2.05, 4.69) is 66.3 Å². The number of aromatic nitrogens is 4. The number of rotatable bonds is 4. The van der Waals surface area contributed by atoms with Gasteiger partial charge in [0, 0.05) is 66.2 Å². The van der Waals surface area contributed by atoms with Gasteiger partial charge in [0.15, 0.2) is 0 Å². The Morgan fingerprint density at radius 3 is 2.68 bits per heavy atom. The maximum atomic E-state index is 11.9. The number of carbonyl (C=O) groups is 1. The summed E-state index contributed by atoms with van der Waals surface area (Å²) in [5.41, 5.74) is 12.4. The first-order valence-electron chi connectivity index (χ1n) is 14.0. The highest BCUT2D eigenvalue weighted by Gasteiger charge is 2.59. The van der Waals surface area contributed by atoms with Crippen molar-refractivity contribution in [3.8, 4) is 0 Å². The van der Waals surface area contributed by atoms with E-state index in [1.807, 2.05) is 12.4 Å². The van der Waals surface area contributed by atoms with Gasteiger partial charge in [0.05, 0.1) is 17.4 Å². The summed E-state index contributed by atoms with van der Waals surface area (Å²) in [6.45, 7) is 13.8. The van der Waals surface area contributed by atoms with Gasteiger partial charge in [-0.15, -0.1) is 0 Å². The summed E-state index contributed by atoms with van der Waals surface area (Å²) < 4.78 is 8.22. The van der Waals surface area contributed by atoms with E-state index < -0.39 is 11.7 Å². The molecule has 1 amide bonds. The van der Waals surface area contributed by atoms with Crippen molar-refractivity contribution in [2.24, 2.45) is 22.5 Å². The Kier molecular flexibility index (Phi) is 5.74. The number of amides is 1. The first-order valence-corrected chi connectivity index (χ1v) is 14.0. The fraction of sp³-hybridized carbons (Fsp3) is 0.600. The molecule has 3 aliphatic carbocycles. The molecule has 202 valence electrons. The molecule has 0 spiro atoms. The number of ether oxygens (including phenoxy) is 1. The number of nitrogens with two attached hydrogens (primary N) is 1. The largest absolute Gasteiger partial charge is 0.443 e. The van der Waals surface area contributed by atoms with E-state index in [0.717, 1.165) is 80.4 Å². The average Bonchev–Trinajstić information content (AvgIpc) is 3.17. The molecule has 4 aliphatic rings. The Morgan fingerprint density at radius 1 is 1.21 bits per heavy atom. The number of fused-ring (bicyclic) bond motifs is 5. The van der Waals surface area contributed by atoms with Crippen LogP contribution in [0.5, 0.6) is 0 Å². The molecule has 3 saturated carbocycles. The van der Waals surface area contributed by atoms with Crippen molar-refractivity contribution in [2.45, 2.75) is 91.8 Å². The lowest BCUT2D eigenvalue weighted by Gasteiger charge is -2.60. The molecule has 8 heteroatoms. The van der Waals surface area contributed by atoms with Crippen molar-refractivity contribution in [1.82, 2.24) is 19.7 Å². The predicted octanol–water partition coefficient (Wildman–Crippen LogP) is 5.47. The van der Waals surface area contributed by atoms with Crippen LogP contribution in [0.4, 0.5) is 10.5 Å². The van der Waals surface area contributed by atoms with Crippen molar-refractivity contribution in [2.75, 3.05) is 11.4 Å². The minimum atomic E-state index is -0.636.